The summed E-state index contributed by atoms with van der Waals surface area (Å²) in [4.78, 5) is 24.2. The largest absolute Gasteiger partial charge is 0.495 e. The highest BCUT2D eigenvalue weighted by Gasteiger charge is 2.29. The van der Waals surface area contributed by atoms with Crippen LogP contribution >= 0.6 is 0 Å². The topological polar surface area (TPSA) is 131 Å². The number of aliphatic hydroxyl groups excluding tert-OH is 2. The number of para-hydroxylation sites is 2. The Labute approximate surface area is 216 Å². The van der Waals surface area contributed by atoms with E-state index in [1.165, 1.54) is 11.1 Å². The lowest BCUT2D eigenvalue weighted by atomic mass is 10.0. The Morgan fingerprint density at radius 3 is 1.76 bits per heavy atom. The number of carbonyl (C=O) groups is 2. The van der Waals surface area contributed by atoms with Gasteiger partial charge in [0.1, 0.15) is 5.75 Å². The molecule has 3 unspecified atom stereocenters. The summed E-state index contributed by atoms with van der Waals surface area (Å²) in [5.74, 6) is -2.64. The molecule has 0 radical (unpaired) electrons. The summed E-state index contributed by atoms with van der Waals surface area (Å²) in [6, 6.07) is 29.8. The second-order valence-corrected chi connectivity index (χ2v) is 8.54. The van der Waals surface area contributed by atoms with E-state index in [-0.39, 0.29) is 6.04 Å². The molecule has 0 aromatic heterocycles. The second-order valence-electron chi connectivity index (χ2n) is 8.54. The first-order valence-electron chi connectivity index (χ1n) is 11.6. The number of hydrogen-bond acceptors (Lipinski definition) is 7. The maximum Gasteiger partial charge on any atom is 0.335 e. The zero-order valence-electron chi connectivity index (χ0n) is 21.1. The van der Waals surface area contributed by atoms with Gasteiger partial charge in [-0.25, -0.2) is 9.59 Å². The van der Waals surface area contributed by atoms with Crippen molar-refractivity contribution in [2.75, 3.05) is 32.6 Å². The third kappa shape index (κ3) is 8.91. The van der Waals surface area contributed by atoms with Crippen molar-refractivity contribution in [3.63, 3.8) is 0 Å². The molecule has 4 N–H and O–H groups in total. The summed E-state index contributed by atoms with van der Waals surface area (Å²) in [6.07, 6.45) is -4.53. The van der Waals surface area contributed by atoms with Gasteiger partial charge in [0.25, 0.3) is 0 Å². The van der Waals surface area contributed by atoms with Crippen LogP contribution < -0.4 is 9.64 Å². The highest BCUT2D eigenvalue weighted by atomic mass is 16.5. The van der Waals surface area contributed by atoms with Gasteiger partial charge >= 0.3 is 11.9 Å². The van der Waals surface area contributed by atoms with Gasteiger partial charge < -0.3 is 35.0 Å². The summed E-state index contributed by atoms with van der Waals surface area (Å²) in [7, 11) is 5.99. The monoisotopic (exact) mass is 510 g/mol. The van der Waals surface area contributed by atoms with Crippen molar-refractivity contribution in [3.8, 4) is 5.75 Å². The molecule has 3 atom stereocenters. The van der Waals surface area contributed by atoms with Crippen molar-refractivity contribution >= 4 is 17.6 Å². The van der Waals surface area contributed by atoms with Gasteiger partial charge in [0.05, 0.1) is 18.8 Å². The van der Waals surface area contributed by atoms with Crippen LogP contribution in [0.25, 0.3) is 0 Å². The van der Waals surface area contributed by atoms with Crippen LogP contribution in [0.5, 0.6) is 5.75 Å². The molecule has 3 rings (SSSR count). The molecule has 0 heterocycles. The molecule has 198 valence electrons. The summed E-state index contributed by atoms with van der Waals surface area (Å²) < 4.78 is 5.70. The molecule has 9 nitrogen and oxygen atoms in total. The number of carboxylic acids is 2. The Bertz CT molecular complexity index is 1090. The number of benzene rings is 3. The van der Waals surface area contributed by atoms with E-state index in [4.69, 9.17) is 25.2 Å². The zero-order chi connectivity index (χ0) is 27.4. The maximum absolute atomic E-state index is 9.77. The number of nitrogens with zero attached hydrogens (tertiary/aromatic N) is 2. The fourth-order valence-electron chi connectivity index (χ4n) is 3.69. The summed E-state index contributed by atoms with van der Waals surface area (Å²) in [5.41, 5.74) is 3.69. The summed E-state index contributed by atoms with van der Waals surface area (Å²) in [5, 5.41) is 32.5. The normalized spacial score (nSPS) is 13.0. The number of hydrogen-bond donors (Lipinski definition) is 4. The van der Waals surface area contributed by atoms with Crippen LogP contribution in [0, 0.1) is 0 Å². The number of likely N-dealkylation sites (N-methyl/N-ethyl adjacent to an activating group) is 1. The van der Waals surface area contributed by atoms with Crippen LogP contribution in [0.4, 0.5) is 5.69 Å². The van der Waals surface area contributed by atoms with Crippen LogP contribution in [-0.2, 0) is 16.1 Å². The lowest BCUT2D eigenvalue weighted by Crippen LogP contribution is -2.39. The van der Waals surface area contributed by atoms with E-state index in [2.05, 4.69) is 96.7 Å². The number of carboxylic acid groups (broad SMARTS) is 2. The third-order valence-electron chi connectivity index (χ3n) is 5.49. The van der Waals surface area contributed by atoms with Crippen LogP contribution in [0.3, 0.4) is 0 Å². The minimum Gasteiger partial charge on any atom is -0.495 e. The van der Waals surface area contributed by atoms with Crippen molar-refractivity contribution in [1.29, 1.82) is 0 Å². The van der Waals surface area contributed by atoms with Crippen LogP contribution in [-0.4, -0.2) is 77.2 Å². The van der Waals surface area contributed by atoms with Crippen molar-refractivity contribution in [2.24, 2.45) is 0 Å². The molecular weight excluding hydrogens is 476 g/mol. The lowest BCUT2D eigenvalue weighted by Gasteiger charge is -2.36. The fourth-order valence-corrected chi connectivity index (χ4v) is 3.69. The number of rotatable bonds is 11. The third-order valence-corrected chi connectivity index (χ3v) is 5.49. The average molecular weight is 511 g/mol. The standard InChI is InChI=1S/C24H28N2O.C4H6O6/c1-25(2)19-23(21-14-8-5-9-15-21)26(18-20-12-6-4-7-13-20)22-16-10-11-17-24(22)27-3;5-1(3(7)8)2(6)4(9)10/h4-17,23H,18-19H2,1-3H3;1-2,5-6H,(H,7,8)(H,9,10). The molecule has 37 heavy (non-hydrogen) atoms. The second kappa shape index (κ2) is 14.6. The van der Waals surface area contributed by atoms with Gasteiger partial charge in [-0.05, 0) is 37.4 Å². The van der Waals surface area contributed by atoms with Gasteiger partial charge in [-0.1, -0.05) is 72.8 Å². The average Bonchev–Trinajstić information content (AvgIpc) is 2.91. The minimum atomic E-state index is -2.27. The molecule has 0 fully saturated rings. The zero-order valence-corrected chi connectivity index (χ0v) is 21.1. The molecule has 0 saturated heterocycles. The molecule has 0 saturated carbocycles. The van der Waals surface area contributed by atoms with E-state index in [0.717, 1.165) is 24.5 Å². The number of aliphatic hydroxyl groups is 2. The first-order valence-corrected chi connectivity index (χ1v) is 11.6. The molecule has 0 aliphatic rings. The molecule has 0 spiro atoms. The van der Waals surface area contributed by atoms with Crippen LogP contribution in [0.2, 0.25) is 0 Å². The van der Waals surface area contributed by atoms with Gasteiger partial charge in [0.2, 0.25) is 0 Å². The molecule has 0 aliphatic heterocycles. The molecule has 0 amide bonds. The van der Waals surface area contributed by atoms with Gasteiger partial charge in [0.15, 0.2) is 12.2 Å². The Morgan fingerprint density at radius 1 is 0.784 bits per heavy atom. The highest BCUT2D eigenvalue weighted by Crippen LogP contribution is 2.36. The Hall–Kier alpha value is -3.92. The Morgan fingerprint density at radius 2 is 1.27 bits per heavy atom. The Balaban J connectivity index is 0.000000410. The van der Waals surface area contributed by atoms with E-state index in [9.17, 15) is 9.59 Å². The van der Waals surface area contributed by atoms with E-state index in [1.807, 2.05) is 12.1 Å². The molecular formula is C28H34N2O7. The number of aliphatic carboxylic acids is 2. The van der Waals surface area contributed by atoms with Crippen molar-refractivity contribution in [1.82, 2.24) is 4.90 Å². The molecule has 0 bridgehead atoms. The molecule has 3 aromatic rings. The molecule has 9 heteroatoms. The van der Waals surface area contributed by atoms with Crippen LogP contribution in [0.1, 0.15) is 17.2 Å². The van der Waals surface area contributed by atoms with Crippen molar-refractivity contribution in [3.05, 3.63) is 96.1 Å². The molecule has 0 aliphatic carbocycles. The first-order chi connectivity index (χ1) is 17.6. The smallest absolute Gasteiger partial charge is 0.335 e. The Kier molecular flexibility index (Phi) is 11.6. The number of methoxy groups -OCH3 is 1. The van der Waals surface area contributed by atoms with E-state index >= 15 is 0 Å². The summed E-state index contributed by atoms with van der Waals surface area (Å²) >= 11 is 0. The quantitative estimate of drug-likeness (QED) is 0.308. The molecule has 3 aromatic carbocycles. The first kappa shape index (κ1) is 29.3. The van der Waals surface area contributed by atoms with Crippen molar-refractivity contribution < 1.29 is 34.8 Å². The number of ether oxygens (including phenoxy) is 1. The van der Waals surface area contributed by atoms with Crippen LogP contribution in [0.15, 0.2) is 84.9 Å². The number of anilines is 1. The van der Waals surface area contributed by atoms with Gasteiger partial charge in [0, 0.05) is 13.1 Å². The van der Waals surface area contributed by atoms with Gasteiger partial charge in [-0.3, -0.25) is 0 Å². The lowest BCUT2D eigenvalue weighted by molar-refractivity contribution is -0.165. The van der Waals surface area contributed by atoms with Gasteiger partial charge in [-0.15, -0.1) is 0 Å². The van der Waals surface area contributed by atoms with E-state index in [0.29, 0.717) is 0 Å². The van der Waals surface area contributed by atoms with Crippen molar-refractivity contribution in [2.45, 2.75) is 24.8 Å². The maximum atomic E-state index is 9.77. The van der Waals surface area contributed by atoms with E-state index < -0.39 is 24.1 Å². The fraction of sp³-hybridized carbons (Fsp3) is 0.286. The summed E-state index contributed by atoms with van der Waals surface area (Å²) in [6.45, 7) is 1.73. The predicted molar refractivity (Wildman–Crippen MR) is 141 cm³/mol. The highest BCUT2D eigenvalue weighted by molar-refractivity contribution is 5.83. The SMILES string of the molecule is COc1ccccc1N(Cc1ccccc1)C(CN(C)C)c1ccccc1.O=C(O)C(O)C(O)C(=O)O. The predicted octanol–water partition coefficient (Wildman–Crippen LogP) is 2.88. The van der Waals surface area contributed by atoms with E-state index in [1.54, 1.807) is 7.11 Å². The van der Waals surface area contributed by atoms with Gasteiger partial charge in [-0.2, -0.15) is 0 Å². The minimum absolute atomic E-state index is 0.206.